The van der Waals surface area contributed by atoms with Crippen LogP contribution in [0.3, 0.4) is 0 Å². The van der Waals surface area contributed by atoms with Crippen LogP contribution in [0.2, 0.25) is 0 Å². The van der Waals surface area contributed by atoms with Gasteiger partial charge in [-0.25, -0.2) is 18.0 Å². The van der Waals surface area contributed by atoms with Gasteiger partial charge in [0.1, 0.15) is 11.4 Å². The normalized spacial score (nSPS) is 26.9. The molecule has 2 aliphatic heterocycles. The lowest BCUT2D eigenvalue weighted by Gasteiger charge is -2.52. The molecule has 2 amide bonds. The molecule has 2 atom stereocenters. The van der Waals surface area contributed by atoms with E-state index in [0.717, 1.165) is 5.56 Å². The Labute approximate surface area is 161 Å². The lowest BCUT2D eigenvalue weighted by Crippen LogP contribution is -2.62. The van der Waals surface area contributed by atoms with Crippen molar-refractivity contribution in [2.24, 2.45) is 11.7 Å². The van der Waals surface area contributed by atoms with Crippen LogP contribution in [0.1, 0.15) is 16.7 Å². The molecular weight excluding hydrogens is 367 g/mol. The first-order chi connectivity index (χ1) is 13.3. The van der Waals surface area contributed by atoms with E-state index in [4.69, 9.17) is 5.73 Å². The maximum Gasteiger partial charge on any atom is 0.315 e. The summed E-state index contributed by atoms with van der Waals surface area (Å²) in [5.74, 6) is -4.74. The number of halogens is 3. The molecule has 4 rings (SSSR count). The number of primary amides is 1. The maximum absolute atomic E-state index is 15.3. The summed E-state index contributed by atoms with van der Waals surface area (Å²) in [6.45, 7) is -0.0993. The van der Waals surface area contributed by atoms with E-state index in [1.54, 1.807) is 24.1 Å². The lowest BCUT2D eigenvalue weighted by atomic mass is 9.66. The van der Waals surface area contributed by atoms with Gasteiger partial charge >= 0.3 is 6.03 Å². The Hall–Kier alpha value is -2.54. The van der Waals surface area contributed by atoms with Crippen molar-refractivity contribution in [3.8, 4) is 0 Å². The van der Waals surface area contributed by atoms with Crippen LogP contribution >= 0.6 is 0 Å². The van der Waals surface area contributed by atoms with Crippen LogP contribution in [0.15, 0.2) is 48.5 Å². The number of carbonyl (C=O) groups is 1. The van der Waals surface area contributed by atoms with Gasteiger partial charge < -0.3 is 10.6 Å². The highest BCUT2D eigenvalue weighted by molar-refractivity contribution is 5.75. The minimum absolute atomic E-state index is 0.0858. The molecule has 2 aliphatic rings. The van der Waals surface area contributed by atoms with E-state index in [1.807, 2.05) is 12.1 Å². The van der Waals surface area contributed by atoms with Crippen LogP contribution in [0.4, 0.5) is 18.0 Å². The number of benzene rings is 2. The van der Waals surface area contributed by atoms with Gasteiger partial charge in [-0.05, 0) is 42.3 Å². The standard InChI is InChI=1S/C21H22F3N3O/c1-26-12-18(20(23,24)13-26)21(15-6-8-16(22)9-7-15)17-5-3-2-4-14(17)10-11-27(21)19(25)28/h2-9,18H,10-13H2,1H3,(H2,25,28)/t18-,21?/m1/s1. The summed E-state index contributed by atoms with van der Waals surface area (Å²) >= 11 is 0. The SMILES string of the molecule is CN1C[C@@H](C2(c3ccc(F)cc3)c3ccccc3CCN2C(N)=O)C(F)(F)C1. The number of likely N-dealkylation sites (tertiary alicyclic amines) is 1. The van der Waals surface area contributed by atoms with Crippen molar-refractivity contribution < 1.29 is 18.0 Å². The Morgan fingerprint density at radius 1 is 1.14 bits per heavy atom. The number of rotatable bonds is 2. The second kappa shape index (κ2) is 6.51. The third-order valence-electron chi connectivity index (χ3n) is 6.00. The van der Waals surface area contributed by atoms with E-state index in [-0.39, 0.29) is 13.1 Å². The summed E-state index contributed by atoms with van der Waals surface area (Å²) in [4.78, 5) is 15.4. The molecule has 2 N–H and O–H groups in total. The van der Waals surface area contributed by atoms with Gasteiger partial charge in [0, 0.05) is 13.1 Å². The summed E-state index contributed by atoms with van der Waals surface area (Å²) in [7, 11) is 1.63. The molecule has 28 heavy (non-hydrogen) atoms. The number of alkyl halides is 2. The fraction of sp³-hybridized carbons (Fsp3) is 0.381. The predicted molar refractivity (Wildman–Crippen MR) is 99.5 cm³/mol. The first-order valence-electron chi connectivity index (χ1n) is 9.24. The van der Waals surface area contributed by atoms with Gasteiger partial charge in [-0.3, -0.25) is 4.90 Å². The van der Waals surface area contributed by atoms with E-state index in [2.05, 4.69) is 0 Å². The quantitative estimate of drug-likeness (QED) is 0.858. The highest BCUT2D eigenvalue weighted by Gasteiger charge is 2.62. The first kappa shape index (κ1) is 18.8. The molecule has 1 fully saturated rings. The molecule has 0 radical (unpaired) electrons. The highest BCUT2D eigenvalue weighted by atomic mass is 19.3. The van der Waals surface area contributed by atoms with Crippen LogP contribution in [-0.2, 0) is 12.0 Å². The van der Waals surface area contributed by atoms with Gasteiger partial charge in [-0.15, -0.1) is 0 Å². The predicted octanol–water partition coefficient (Wildman–Crippen LogP) is 3.20. The lowest BCUT2D eigenvalue weighted by molar-refractivity contribution is -0.0771. The second-order valence-corrected chi connectivity index (χ2v) is 7.68. The molecule has 1 unspecified atom stereocenters. The Morgan fingerprint density at radius 2 is 1.82 bits per heavy atom. The number of carbonyl (C=O) groups excluding carboxylic acids is 1. The largest absolute Gasteiger partial charge is 0.351 e. The molecule has 2 aromatic rings. The van der Waals surface area contributed by atoms with E-state index >= 15 is 8.78 Å². The smallest absolute Gasteiger partial charge is 0.315 e. The number of hydrogen-bond acceptors (Lipinski definition) is 2. The molecule has 0 spiro atoms. The Morgan fingerprint density at radius 3 is 2.43 bits per heavy atom. The fourth-order valence-electron chi connectivity index (χ4n) is 4.96. The number of nitrogens with zero attached hydrogens (tertiary/aromatic N) is 2. The summed E-state index contributed by atoms with van der Waals surface area (Å²) < 4.78 is 44.2. The van der Waals surface area contributed by atoms with Crippen LogP contribution < -0.4 is 5.73 Å². The third-order valence-corrected chi connectivity index (χ3v) is 6.00. The summed E-state index contributed by atoms with van der Waals surface area (Å²) in [6, 6.07) is 12.0. The Kier molecular flexibility index (Phi) is 4.38. The fourth-order valence-corrected chi connectivity index (χ4v) is 4.96. The molecule has 2 aromatic carbocycles. The number of hydrogen-bond donors (Lipinski definition) is 1. The molecule has 2 heterocycles. The van der Waals surface area contributed by atoms with Gasteiger partial charge in [0.05, 0.1) is 12.5 Å². The van der Waals surface area contributed by atoms with Crippen LogP contribution in [0, 0.1) is 11.7 Å². The van der Waals surface area contributed by atoms with Crippen molar-refractivity contribution in [2.75, 3.05) is 26.7 Å². The third kappa shape index (κ3) is 2.68. The maximum atomic E-state index is 15.3. The van der Waals surface area contributed by atoms with Crippen molar-refractivity contribution in [2.45, 2.75) is 17.9 Å². The van der Waals surface area contributed by atoms with Gasteiger partial charge in [-0.2, -0.15) is 0 Å². The second-order valence-electron chi connectivity index (χ2n) is 7.68. The van der Waals surface area contributed by atoms with E-state index in [1.165, 1.54) is 29.2 Å². The van der Waals surface area contributed by atoms with Gasteiger partial charge in [0.2, 0.25) is 0 Å². The van der Waals surface area contributed by atoms with E-state index in [9.17, 15) is 9.18 Å². The molecular formula is C21H22F3N3O. The number of amides is 2. The van der Waals surface area contributed by atoms with Crippen LogP contribution in [0.5, 0.6) is 0 Å². The van der Waals surface area contributed by atoms with Gasteiger partial charge in [0.15, 0.2) is 0 Å². The van der Waals surface area contributed by atoms with Crippen molar-refractivity contribution in [1.29, 1.82) is 0 Å². The summed E-state index contributed by atoms with van der Waals surface area (Å²) in [5, 5.41) is 0. The summed E-state index contributed by atoms with van der Waals surface area (Å²) in [5.41, 5.74) is 6.22. The average molecular weight is 389 g/mol. The van der Waals surface area contributed by atoms with Crippen molar-refractivity contribution in [3.05, 3.63) is 71.0 Å². The zero-order chi connectivity index (χ0) is 20.1. The number of fused-ring (bicyclic) bond motifs is 1. The van der Waals surface area contributed by atoms with E-state index in [0.29, 0.717) is 17.5 Å². The van der Waals surface area contributed by atoms with Crippen LogP contribution in [0.25, 0.3) is 0 Å². The van der Waals surface area contributed by atoms with E-state index < -0.39 is 35.8 Å². The first-order valence-corrected chi connectivity index (χ1v) is 9.24. The van der Waals surface area contributed by atoms with Crippen molar-refractivity contribution in [3.63, 3.8) is 0 Å². The van der Waals surface area contributed by atoms with Crippen molar-refractivity contribution >= 4 is 6.03 Å². The summed E-state index contributed by atoms with van der Waals surface area (Å²) in [6.07, 6.45) is 0.524. The molecule has 4 nitrogen and oxygen atoms in total. The molecule has 7 heteroatoms. The van der Waals surface area contributed by atoms with Crippen molar-refractivity contribution in [1.82, 2.24) is 9.80 Å². The Balaban J connectivity index is 2.07. The topological polar surface area (TPSA) is 49.6 Å². The molecule has 0 aromatic heterocycles. The number of nitrogens with two attached hydrogens (primary N) is 1. The molecule has 0 bridgehead atoms. The minimum atomic E-state index is -3.05. The van der Waals surface area contributed by atoms with Crippen LogP contribution in [-0.4, -0.2) is 48.4 Å². The average Bonchev–Trinajstić information content (AvgIpc) is 2.93. The zero-order valence-electron chi connectivity index (χ0n) is 15.5. The monoisotopic (exact) mass is 389 g/mol. The molecule has 0 aliphatic carbocycles. The number of urea groups is 1. The van der Waals surface area contributed by atoms with Gasteiger partial charge in [0.25, 0.3) is 5.92 Å². The Bertz CT molecular complexity index is 902. The molecule has 1 saturated heterocycles. The van der Waals surface area contributed by atoms with Gasteiger partial charge in [-0.1, -0.05) is 36.4 Å². The zero-order valence-corrected chi connectivity index (χ0v) is 15.5. The molecule has 148 valence electrons. The molecule has 0 saturated carbocycles. The highest BCUT2D eigenvalue weighted by Crippen LogP contribution is 2.53. The minimum Gasteiger partial charge on any atom is -0.351 e.